The van der Waals surface area contributed by atoms with Crippen LogP contribution in [0.25, 0.3) is 20.8 Å². The second-order valence-corrected chi connectivity index (χ2v) is 16.9. The van der Waals surface area contributed by atoms with Crippen LogP contribution >= 0.6 is 46.2 Å². The first-order chi connectivity index (χ1) is 25.4. The number of amidine groups is 2. The molecule has 0 aliphatic carbocycles. The number of thiophene rings is 2. The Kier molecular flexibility index (Phi) is 7.17. The molecule has 0 fully saturated rings. The standard InChI is InChI=1S/C42H28N4O2S4/c1-25-33-26(2)35(32-24-50-40-44-42(38(48)46(32)40,29-19-11-5-12-20-29)30-21-13-6-14-22-30)52-36(33)51-34(25)31-23-49-39-43-41(37(47)45(31)39,27-15-7-3-8-16-27)28-17-9-4-10-18-28/h3-24H,1-2H3. The lowest BCUT2D eigenvalue weighted by molar-refractivity contribution is -0.128. The average Bonchev–Trinajstić information content (AvgIpc) is 4.03. The van der Waals surface area contributed by atoms with E-state index in [-0.39, 0.29) is 11.8 Å². The second-order valence-electron chi connectivity index (χ2n) is 13.0. The number of benzene rings is 4. The van der Waals surface area contributed by atoms with Gasteiger partial charge in [-0.3, -0.25) is 19.4 Å². The highest BCUT2D eigenvalue weighted by Crippen LogP contribution is 2.54. The second kappa shape index (κ2) is 11.8. The number of thioether (sulfide) groups is 2. The molecule has 0 saturated carbocycles. The van der Waals surface area contributed by atoms with E-state index >= 15 is 0 Å². The van der Waals surface area contributed by atoms with Crippen LogP contribution in [0.15, 0.2) is 142 Å². The minimum atomic E-state index is -1.15. The predicted octanol–water partition coefficient (Wildman–Crippen LogP) is 9.95. The minimum absolute atomic E-state index is 0.0717. The molecule has 0 radical (unpaired) electrons. The molecule has 0 bridgehead atoms. The summed E-state index contributed by atoms with van der Waals surface area (Å²) in [5.41, 5.74) is 5.06. The van der Waals surface area contributed by atoms with Crippen molar-refractivity contribution >= 4 is 89.1 Å². The summed E-state index contributed by atoms with van der Waals surface area (Å²) >= 11 is 6.40. The monoisotopic (exact) mass is 748 g/mol. The minimum Gasteiger partial charge on any atom is -0.270 e. The maximum atomic E-state index is 14.8. The fourth-order valence-corrected chi connectivity index (χ4v) is 12.6. The van der Waals surface area contributed by atoms with E-state index in [2.05, 4.69) is 24.7 Å². The largest absolute Gasteiger partial charge is 0.270 e. The summed E-state index contributed by atoms with van der Waals surface area (Å²) in [4.78, 5) is 45.6. The molecule has 4 aliphatic heterocycles. The number of carbonyl (C=O) groups is 2. The molecule has 6 nitrogen and oxygen atoms in total. The van der Waals surface area contributed by atoms with E-state index in [1.807, 2.05) is 131 Å². The Hall–Kier alpha value is -5.00. The zero-order valence-electron chi connectivity index (χ0n) is 27.9. The van der Waals surface area contributed by atoms with Crippen molar-refractivity contribution in [1.82, 2.24) is 9.80 Å². The van der Waals surface area contributed by atoms with Crippen molar-refractivity contribution < 1.29 is 9.59 Å². The third kappa shape index (κ3) is 4.26. The quantitative estimate of drug-likeness (QED) is 0.170. The molecule has 4 aromatic carbocycles. The maximum Gasteiger partial charge on any atom is 0.270 e. The van der Waals surface area contributed by atoms with Gasteiger partial charge in [0.2, 0.25) is 0 Å². The van der Waals surface area contributed by atoms with Gasteiger partial charge in [-0.2, -0.15) is 0 Å². The molecule has 10 rings (SSSR count). The smallest absolute Gasteiger partial charge is 0.270 e. The number of fused-ring (bicyclic) bond motifs is 3. The summed E-state index contributed by atoms with van der Waals surface area (Å²) in [6, 6.07) is 39.5. The van der Waals surface area contributed by atoms with Gasteiger partial charge in [0.25, 0.3) is 11.8 Å². The van der Waals surface area contributed by atoms with Gasteiger partial charge in [-0.25, -0.2) is 9.98 Å². The number of nitrogens with zero attached hydrogens (tertiary/aromatic N) is 4. The van der Waals surface area contributed by atoms with Crippen LogP contribution in [0.5, 0.6) is 0 Å². The third-order valence-electron chi connectivity index (χ3n) is 10.2. The molecule has 2 aromatic heterocycles. The van der Waals surface area contributed by atoms with Crippen LogP contribution in [0.3, 0.4) is 0 Å². The van der Waals surface area contributed by atoms with E-state index in [1.165, 1.54) is 28.9 Å². The SMILES string of the molecule is Cc1c(C2=CSC3=NC(c4ccccc4)(c4ccccc4)C(=O)N23)sc2sc(C3=CSC4=NC(c5ccccc5)(c5ccccc5)C(=O)N34)c(C)c12. The van der Waals surface area contributed by atoms with E-state index in [4.69, 9.17) is 9.98 Å². The Balaban J connectivity index is 1.02. The first-order valence-corrected chi connectivity index (χ1v) is 20.2. The Morgan fingerprint density at radius 3 is 1.13 bits per heavy atom. The van der Waals surface area contributed by atoms with E-state index in [9.17, 15) is 9.59 Å². The number of aryl methyl sites for hydroxylation is 2. The summed E-state index contributed by atoms with van der Waals surface area (Å²) in [5.74, 6) is -0.143. The third-order valence-corrected chi connectivity index (χ3v) is 14.6. The first-order valence-electron chi connectivity index (χ1n) is 16.8. The molecule has 0 N–H and O–H groups in total. The van der Waals surface area contributed by atoms with E-state index in [0.717, 1.165) is 58.5 Å². The number of rotatable bonds is 6. The highest BCUT2D eigenvalue weighted by Gasteiger charge is 2.55. The zero-order valence-corrected chi connectivity index (χ0v) is 31.2. The van der Waals surface area contributed by atoms with Crippen LogP contribution in [0.4, 0.5) is 0 Å². The van der Waals surface area contributed by atoms with Crippen LogP contribution in [-0.4, -0.2) is 31.9 Å². The molecule has 10 heteroatoms. The lowest BCUT2D eigenvalue weighted by Gasteiger charge is -2.27. The molecule has 6 heterocycles. The molecule has 52 heavy (non-hydrogen) atoms. The molecule has 0 spiro atoms. The fraction of sp³-hybridized carbons (Fsp3) is 0.0952. The predicted molar refractivity (Wildman–Crippen MR) is 216 cm³/mol. The lowest BCUT2D eigenvalue weighted by atomic mass is 9.83. The topological polar surface area (TPSA) is 65.3 Å². The Morgan fingerprint density at radius 2 is 0.827 bits per heavy atom. The molecule has 252 valence electrons. The molecule has 4 aliphatic rings. The number of hydrogen-bond acceptors (Lipinski definition) is 8. The number of aliphatic imine (C=N–C) groups is 2. The van der Waals surface area contributed by atoms with Gasteiger partial charge in [0.1, 0.15) is 0 Å². The van der Waals surface area contributed by atoms with Crippen molar-refractivity contribution in [2.75, 3.05) is 0 Å². The van der Waals surface area contributed by atoms with Gasteiger partial charge >= 0.3 is 0 Å². The van der Waals surface area contributed by atoms with Crippen LogP contribution < -0.4 is 0 Å². The molecular formula is C42H28N4O2S4. The number of carbonyl (C=O) groups excluding carboxylic acids is 2. The van der Waals surface area contributed by atoms with Crippen molar-refractivity contribution in [2.45, 2.75) is 24.9 Å². The van der Waals surface area contributed by atoms with Crippen molar-refractivity contribution in [2.24, 2.45) is 9.98 Å². The average molecular weight is 749 g/mol. The molecule has 0 unspecified atom stereocenters. The van der Waals surface area contributed by atoms with Gasteiger partial charge in [0.05, 0.1) is 25.2 Å². The van der Waals surface area contributed by atoms with Gasteiger partial charge in [0, 0.05) is 16.2 Å². The summed E-state index contributed by atoms with van der Waals surface area (Å²) in [6.07, 6.45) is 0. The highest BCUT2D eigenvalue weighted by atomic mass is 32.2. The number of amides is 2. The van der Waals surface area contributed by atoms with Crippen LogP contribution in [0, 0.1) is 13.8 Å². The maximum absolute atomic E-state index is 14.8. The van der Waals surface area contributed by atoms with Gasteiger partial charge in [-0.1, -0.05) is 145 Å². The molecule has 6 aromatic rings. The normalized spacial score (nSPS) is 18.4. The summed E-state index contributed by atoms with van der Waals surface area (Å²) < 4.78 is 1.15. The first kappa shape index (κ1) is 31.7. The van der Waals surface area contributed by atoms with Crippen molar-refractivity contribution in [3.8, 4) is 0 Å². The Labute approximate surface area is 316 Å². The van der Waals surface area contributed by atoms with Crippen molar-refractivity contribution in [3.63, 3.8) is 0 Å². The molecular weight excluding hydrogens is 721 g/mol. The Morgan fingerprint density at radius 1 is 0.500 bits per heavy atom. The lowest BCUT2D eigenvalue weighted by Crippen LogP contribution is -2.39. The number of hydrogen-bond donors (Lipinski definition) is 0. The van der Waals surface area contributed by atoms with Gasteiger partial charge in [0.15, 0.2) is 21.4 Å². The molecule has 2 amide bonds. The van der Waals surface area contributed by atoms with Crippen LogP contribution in [0.1, 0.15) is 43.1 Å². The van der Waals surface area contributed by atoms with Crippen molar-refractivity contribution in [3.05, 3.63) is 175 Å². The van der Waals surface area contributed by atoms with E-state index < -0.39 is 11.1 Å². The Bertz CT molecular complexity index is 2330. The van der Waals surface area contributed by atoms with Crippen LogP contribution in [0.2, 0.25) is 0 Å². The summed E-state index contributed by atoms with van der Waals surface area (Å²) in [7, 11) is 0. The highest BCUT2D eigenvalue weighted by molar-refractivity contribution is 8.17. The zero-order chi connectivity index (χ0) is 35.2. The van der Waals surface area contributed by atoms with E-state index in [0.29, 0.717) is 10.3 Å². The van der Waals surface area contributed by atoms with E-state index in [1.54, 1.807) is 22.7 Å². The van der Waals surface area contributed by atoms with Gasteiger partial charge < -0.3 is 0 Å². The summed E-state index contributed by atoms with van der Waals surface area (Å²) in [5, 5.41) is 6.66. The fourth-order valence-electron chi connectivity index (χ4n) is 7.76. The van der Waals surface area contributed by atoms with Crippen molar-refractivity contribution in [1.29, 1.82) is 0 Å². The van der Waals surface area contributed by atoms with Gasteiger partial charge in [-0.05, 0) is 47.2 Å². The van der Waals surface area contributed by atoms with Crippen LogP contribution in [-0.2, 0) is 20.7 Å². The van der Waals surface area contributed by atoms with Gasteiger partial charge in [-0.15, -0.1) is 22.7 Å². The summed E-state index contributed by atoms with van der Waals surface area (Å²) in [6.45, 7) is 4.28. The molecule has 0 saturated heterocycles. The molecule has 0 atom stereocenters.